The van der Waals surface area contributed by atoms with Gasteiger partial charge in [-0.2, -0.15) is 0 Å². The molecule has 5 nitrogen and oxygen atoms in total. The summed E-state index contributed by atoms with van der Waals surface area (Å²) in [6, 6.07) is 0. The van der Waals surface area contributed by atoms with Crippen LogP contribution in [0.2, 0.25) is 0 Å². The van der Waals surface area contributed by atoms with E-state index in [1.54, 1.807) is 0 Å². The first-order chi connectivity index (χ1) is 13.1. The van der Waals surface area contributed by atoms with Crippen LogP contribution in [0.5, 0.6) is 0 Å². The molecule has 5 heteroatoms. The summed E-state index contributed by atoms with van der Waals surface area (Å²) >= 11 is 0. The summed E-state index contributed by atoms with van der Waals surface area (Å²) in [6.07, 6.45) is 15.5. The van der Waals surface area contributed by atoms with Gasteiger partial charge in [0, 0.05) is 6.61 Å². The lowest BCUT2D eigenvalue weighted by Crippen LogP contribution is -2.27. The Morgan fingerprint density at radius 3 is 1.81 bits per heavy atom. The number of rotatable bonds is 16. The first-order valence-corrected chi connectivity index (χ1v) is 11.1. The maximum absolute atomic E-state index is 12.0. The molecule has 1 rings (SSSR count). The van der Waals surface area contributed by atoms with Crippen molar-refractivity contribution in [2.24, 2.45) is 11.8 Å². The number of esters is 1. The smallest absolute Gasteiger partial charge is 0.309 e. The largest absolute Gasteiger partial charge is 0.481 e. The molecule has 0 aromatic heterocycles. The fourth-order valence-electron chi connectivity index (χ4n) is 3.69. The number of hydrogen-bond donors (Lipinski definition) is 1. The lowest BCUT2D eigenvalue weighted by Gasteiger charge is -2.24. The summed E-state index contributed by atoms with van der Waals surface area (Å²) in [7, 11) is 0. The molecule has 1 fully saturated rings. The number of carbonyl (C=O) groups excluding carboxylic acids is 1. The van der Waals surface area contributed by atoms with Gasteiger partial charge >= 0.3 is 11.9 Å². The van der Waals surface area contributed by atoms with Gasteiger partial charge in [0.25, 0.3) is 0 Å². The number of carboxylic acid groups (broad SMARTS) is 1. The van der Waals surface area contributed by atoms with E-state index < -0.39 is 5.97 Å². The summed E-state index contributed by atoms with van der Waals surface area (Å²) in [5.74, 6) is -1.37. The van der Waals surface area contributed by atoms with E-state index in [1.807, 2.05) is 0 Å². The van der Waals surface area contributed by atoms with Crippen molar-refractivity contribution in [3.63, 3.8) is 0 Å². The third-order valence-corrected chi connectivity index (χ3v) is 5.52. The van der Waals surface area contributed by atoms with Gasteiger partial charge in [-0.1, -0.05) is 64.7 Å². The zero-order valence-electron chi connectivity index (χ0n) is 17.3. The second kappa shape index (κ2) is 15.9. The lowest BCUT2D eigenvalue weighted by molar-refractivity contribution is -0.153. The van der Waals surface area contributed by atoms with Gasteiger partial charge in [-0.15, -0.1) is 0 Å². The van der Waals surface area contributed by atoms with Crippen molar-refractivity contribution < 1.29 is 24.2 Å². The molecule has 0 aromatic carbocycles. The van der Waals surface area contributed by atoms with E-state index in [9.17, 15) is 9.59 Å². The number of carbonyl (C=O) groups is 2. The van der Waals surface area contributed by atoms with Crippen LogP contribution in [-0.2, 0) is 19.1 Å². The average molecular weight is 385 g/mol. The molecule has 0 radical (unpaired) electrons. The predicted octanol–water partition coefficient (Wildman–Crippen LogP) is 5.36. The van der Waals surface area contributed by atoms with Gasteiger partial charge < -0.3 is 14.6 Å². The summed E-state index contributed by atoms with van der Waals surface area (Å²) in [4.78, 5) is 22.9. The van der Waals surface area contributed by atoms with Gasteiger partial charge in [-0.25, -0.2) is 0 Å². The average Bonchev–Trinajstić information content (AvgIpc) is 2.68. The standard InChI is InChI=1S/C22H40O5/c1-2-3-4-5-6-7-8-9-10-11-16-26-17-18-27-22(25)20-14-12-19(13-15-20)21(23)24/h19-20H,2-18H2,1H3,(H,23,24). The first kappa shape index (κ1) is 23.9. The van der Waals surface area contributed by atoms with E-state index in [2.05, 4.69) is 6.92 Å². The highest BCUT2D eigenvalue weighted by molar-refractivity contribution is 5.74. The van der Waals surface area contributed by atoms with Crippen LogP contribution < -0.4 is 0 Å². The van der Waals surface area contributed by atoms with E-state index >= 15 is 0 Å². The molecule has 1 aliphatic carbocycles. The van der Waals surface area contributed by atoms with Crippen molar-refractivity contribution >= 4 is 11.9 Å². The molecule has 0 unspecified atom stereocenters. The number of ether oxygens (including phenoxy) is 2. The highest BCUT2D eigenvalue weighted by Crippen LogP contribution is 2.29. The fraction of sp³-hybridized carbons (Fsp3) is 0.909. The second-order valence-corrected chi connectivity index (χ2v) is 7.85. The number of carboxylic acids is 1. The Morgan fingerprint density at radius 1 is 0.741 bits per heavy atom. The molecule has 158 valence electrons. The minimum absolute atomic E-state index is 0.137. The Hall–Kier alpha value is -1.10. The molecule has 0 atom stereocenters. The molecule has 27 heavy (non-hydrogen) atoms. The van der Waals surface area contributed by atoms with Crippen LogP contribution in [0, 0.1) is 11.8 Å². The second-order valence-electron chi connectivity index (χ2n) is 7.85. The minimum atomic E-state index is -0.748. The first-order valence-electron chi connectivity index (χ1n) is 11.1. The maximum Gasteiger partial charge on any atom is 0.309 e. The van der Waals surface area contributed by atoms with Crippen LogP contribution in [0.3, 0.4) is 0 Å². The third-order valence-electron chi connectivity index (χ3n) is 5.52. The molecule has 0 bridgehead atoms. The van der Waals surface area contributed by atoms with Crippen molar-refractivity contribution in [3.05, 3.63) is 0 Å². The van der Waals surface area contributed by atoms with Crippen LogP contribution in [-0.4, -0.2) is 36.9 Å². The Bertz CT molecular complexity index is 388. The van der Waals surface area contributed by atoms with Crippen molar-refractivity contribution in [1.82, 2.24) is 0 Å². The van der Waals surface area contributed by atoms with E-state index in [4.69, 9.17) is 14.6 Å². The number of unbranched alkanes of at least 4 members (excludes halogenated alkanes) is 9. The highest BCUT2D eigenvalue weighted by Gasteiger charge is 2.30. The monoisotopic (exact) mass is 384 g/mol. The third kappa shape index (κ3) is 12.1. The van der Waals surface area contributed by atoms with Gasteiger partial charge in [0.05, 0.1) is 18.4 Å². The lowest BCUT2D eigenvalue weighted by atomic mass is 9.82. The minimum Gasteiger partial charge on any atom is -0.481 e. The quantitative estimate of drug-likeness (QED) is 0.286. The van der Waals surface area contributed by atoms with Crippen LogP contribution in [0.15, 0.2) is 0 Å². The number of hydrogen-bond acceptors (Lipinski definition) is 4. The summed E-state index contributed by atoms with van der Waals surface area (Å²) in [5, 5.41) is 8.97. The SMILES string of the molecule is CCCCCCCCCCCCOCCOC(=O)C1CCC(C(=O)O)CC1. The summed E-state index contributed by atoms with van der Waals surface area (Å²) in [6.45, 7) is 3.74. The van der Waals surface area contributed by atoms with Gasteiger partial charge in [-0.3, -0.25) is 9.59 Å². The van der Waals surface area contributed by atoms with Crippen molar-refractivity contribution in [3.8, 4) is 0 Å². The van der Waals surface area contributed by atoms with Crippen LogP contribution >= 0.6 is 0 Å². The van der Waals surface area contributed by atoms with Gasteiger partial charge in [0.15, 0.2) is 0 Å². The van der Waals surface area contributed by atoms with Gasteiger partial charge in [0.2, 0.25) is 0 Å². The molecule has 1 N–H and O–H groups in total. The summed E-state index contributed by atoms with van der Waals surface area (Å²) < 4.78 is 10.8. The highest BCUT2D eigenvalue weighted by atomic mass is 16.6. The van der Waals surface area contributed by atoms with E-state index in [0.717, 1.165) is 13.0 Å². The fourth-order valence-corrected chi connectivity index (χ4v) is 3.69. The Labute approximate surface area is 165 Å². The van der Waals surface area contributed by atoms with Crippen LogP contribution in [0.4, 0.5) is 0 Å². The molecule has 0 saturated heterocycles. The van der Waals surface area contributed by atoms with E-state index in [1.165, 1.54) is 57.8 Å². The molecular formula is C22H40O5. The van der Waals surface area contributed by atoms with Crippen molar-refractivity contribution in [2.75, 3.05) is 19.8 Å². The van der Waals surface area contributed by atoms with E-state index in [-0.39, 0.29) is 17.8 Å². The molecule has 0 aliphatic heterocycles. The predicted molar refractivity (Wildman–Crippen MR) is 107 cm³/mol. The van der Waals surface area contributed by atoms with Crippen LogP contribution in [0.25, 0.3) is 0 Å². The maximum atomic E-state index is 12.0. The zero-order chi connectivity index (χ0) is 19.7. The Kier molecular flexibility index (Phi) is 14.1. The molecular weight excluding hydrogens is 344 g/mol. The van der Waals surface area contributed by atoms with E-state index in [0.29, 0.717) is 38.9 Å². The topological polar surface area (TPSA) is 72.8 Å². The molecule has 1 saturated carbocycles. The molecule has 0 amide bonds. The van der Waals surface area contributed by atoms with Crippen molar-refractivity contribution in [1.29, 1.82) is 0 Å². The number of aliphatic carboxylic acids is 1. The van der Waals surface area contributed by atoms with Gasteiger partial charge in [-0.05, 0) is 32.1 Å². The normalized spacial score (nSPS) is 19.7. The summed E-state index contributed by atoms with van der Waals surface area (Å²) in [5.41, 5.74) is 0. The van der Waals surface area contributed by atoms with Crippen molar-refractivity contribution in [2.45, 2.75) is 96.8 Å². The van der Waals surface area contributed by atoms with Gasteiger partial charge in [0.1, 0.15) is 6.61 Å². The molecule has 0 heterocycles. The Morgan fingerprint density at radius 2 is 1.26 bits per heavy atom. The molecule has 0 spiro atoms. The molecule has 1 aliphatic rings. The zero-order valence-corrected chi connectivity index (χ0v) is 17.3. The molecule has 0 aromatic rings. The van der Waals surface area contributed by atoms with Crippen LogP contribution in [0.1, 0.15) is 96.8 Å². The Balaban J connectivity index is 1.84.